The fourth-order valence-electron chi connectivity index (χ4n) is 1.18. The lowest BCUT2D eigenvalue weighted by molar-refractivity contribution is 0.583. The Kier molecular flexibility index (Phi) is 4.35. The predicted octanol–water partition coefficient (Wildman–Crippen LogP) is 0.961. The molecule has 0 unspecified atom stereocenters. The van der Waals surface area contributed by atoms with Crippen LogP contribution in [0.15, 0.2) is 29.2 Å². The van der Waals surface area contributed by atoms with Gasteiger partial charge < -0.3 is 5.73 Å². The van der Waals surface area contributed by atoms with Crippen LogP contribution in [0.1, 0.15) is 13.3 Å². The quantitative estimate of drug-likeness (QED) is 0.466. The highest BCUT2D eigenvalue weighted by Crippen LogP contribution is 2.16. The van der Waals surface area contributed by atoms with E-state index in [4.69, 9.17) is 5.73 Å². The molecule has 1 aromatic rings. The Hall–Kier alpha value is -1.51. The molecule has 0 saturated carbocycles. The number of nitrogens with two attached hydrogens (primary N) is 1. The molecule has 5 heteroatoms. The molecule has 0 aromatic heterocycles. The number of anilines is 1. The zero-order valence-electron chi connectivity index (χ0n) is 9.03. The second-order valence-electron chi connectivity index (χ2n) is 3.11. The highest BCUT2D eigenvalue weighted by Gasteiger charge is 2.15. The van der Waals surface area contributed by atoms with Crippen LogP contribution in [0.4, 0.5) is 5.69 Å². The predicted molar refractivity (Wildman–Crippen MR) is 64.1 cm³/mol. The molecule has 0 aliphatic heterocycles. The third-order valence-electron chi connectivity index (χ3n) is 1.93. The van der Waals surface area contributed by atoms with Crippen molar-refractivity contribution in [2.24, 2.45) is 0 Å². The van der Waals surface area contributed by atoms with E-state index in [0.29, 0.717) is 6.42 Å². The molecule has 0 heterocycles. The normalized spacial score (nSPS) is 10.6. The van der Waals surface area contributed by atoms with Crippen molar-refractivity contribution in [2.75, 3.05) is 12.3 Å². The van der Waals surface area contributed by atoms with E-state index < -0.39 is 10.0 Å². The summed E-state index contributed by atoms with van der Waals surface area (Å²) in [6.07, 6.45) is 0.489. The Labute approximate surface area is 95.9 Å². The number of para-hydroxylation sites is 1. The third kappa shape index (κ3) is 3.26. The summed E-state index contributed by atoms with van der Waals surface area (Å²) in [5.74, 6) is 5.47. The Balaban J connectivity index is 2.78. The molecular weight excluding hydrogens is 224 g/mol. The lowest BCUT2D eigenvalue weighted by Gasteiger charge is -2.07. The first-order valence-electron chi connectivity index (χ1n) is 4.81. The van der Waals surface area contributed by atoms with Gasteiger partial charge in [0, 0.05) is 13.0 Å². The molecule has 3 N–H and O–H groups in total. The summed E-state index contributed by atoms with van der Waals surface area (Å²) in [6.45, 7) is 2.00. The molecule has 0 atom stereocenters. The van der Waals surface area contributed by atoms with Gasteiger partial charge in [-0.25, -0.2) is 13.1 Å². The second-order valence-corrected chi connectivity index (χ2v) is 4.85. The van der Waals surface area contributed by atoms with Gasteiger partial charge in [-0.1, -0.05) is 12.1 Å². The van der Waals surface area contributed by atoms with E-state index in [-0.39, 0.29) is 17.1 Å². The Morgan fingerprint density at radius 3 is 2.69 bits per heavy atom. The van der Waals surface area contributed by atoms with Crippen molar-refractivity contribution >= 4 is 15.7 Å². The van der Waals surface area contributed by atoms with Gasteiger partial charge in [-0.3, -0.25) is 0 Å². The van der Waals surface area contributed by atoms with Gasteiger partial charge in [-0.15, -0.1) is 11.8 Å². The topological polar surface area (TPSA) is 72.2 Å². The van der Waals surface area contributed by atoms with Crippen LogP contribution in [0.5, 0.6) is 0 Å². The van der Waals surface area contributed by atoms with E-state index in [1.165, 1.54) is 6.07 Å². The number of hydrogen-bond donors (Lipinski definition) is 2. The maximum Gasteiger partial charge on any atom is 0.242 e. The first-order valence-corrected chi connectivity index (χ1v) is 6.30. The minimum atomic E-state index is -3.51. The number of nitrogen functional groups attached to an aromatic ring is 1. The molecule has 0 bridgehead atoms. The maximum atomic E-state index is 11.8. The van der Waals surface area contributed by atoms with Crippen molar-refractivity contribution < 1.29 is 8.42 Å². The van der Waals surface area contributed by atoms with Crippen molar-refractivity contribution in [3.05, 3.63) is 24.3 Å². The van der Waals surface area contributed by atoms with E-state index in [1.54, 1.807) is 25.1 Å². The van der Waals surface area contributed by atoms with Gasteiger partial charge in [0.1, 0.15) is 4.90 Å². The van der Waals surface area contributed by atoms with Gasteiger partial charge in [0.25, 0.3) is 0 Å². The number of nitrogens with one attached hydrogen (secondary N) is 1. The van der Waals surface area contributed by atoms with Crippen LogP contribution in [0.25, 0.3) is 0 Å². The molecule has 0 aliphatic carbocycles. The van der Waals surface area contributed by atoms with E-state index >= 15 is 0 Å². The van der Waals surface area contributed by atoms with Gasteiger partial charge in [0.15, 0.2) is 0 Å². The van der Waals surface area contributed by atoms with Crippen LogP contribution in [0.2, 0.25) is 0 Å². The maximum absolute atomic E-state index is 11.8. The summed E-state index contributed by atoms with van der Waals surface area (Å²) in [6, 6.07) is 6.36. The van der Waals surface area contributed by atoms with Crippen LogP contribution in [0.3, 0.4) is 0 Å². The van der Waals surface area contributed by atoms with Crippen molar-refractivity contribution in [2.45, 2.75) is 18.2 Å². The third-order valence-corrected chi connectivity index (χ3v) is 3.46. The SMILES string of the molecule is CC#CCCNS(=O)(=O)c1ccccc1N. The van der Waals surface area contributed by atoms with Crippen LogP contribution in [0, 0.1) is 11.8 Å². The molecule has 0 spiro atoms. The lowest BCUT2D eigenvalue weighted by Crippen LogP contribution is -2.25. The molecule has 16 heavy (non-hydrogen) atoms. The number of benzene rings is 1. The monoisotopic (exact) mass is 238 g/mol. The van der Waals surface area contributed by atoms with Gasteiger partial charge in [-0.2, -0.15) is 0 Å². The lowest BCUT2D eigenvalue weighted by atomic mass is 10.3. The average molecular weight is 238 g/mol. The smallest absolute Gasteiger partial charge is 0.242 e. The minimum absolute atomic E-state index is 0.111. The summed E-state index contributed by atoms with van der Waals surface area (Å²) in [5.41, 5.74) is 5.84. The molecular formula is C11H14N2O2S. The van der Waals surface area contributed by atoms with Gasteiger partial charge >= 0.3 is 0 Å². The zero-order chi connectivity index (χ0) is 12.0. The largest absolute Gasteiger partial charge is 0.398 e. The van der Waals surface area contributed by atoms with Crippen LogP contribution in [-0.2, 0) is 10.0 Å². The van der Waals surface area contributed by atoms with Crippen LogP contribution < -0.4 is 10.5 Å². The van der Waals surface area contributed by atoms with E-state index in [1.807, 2.05) is 0 Å². The molecule has 4 nitrogen and oxygen atoms in total. The van der Waals surface area contributed by atoms with E-state index in [9.17, 15) is 8.42 Å². The van der Waals surface area contributed by atoms with Crippen molar-refractivity contribution in [3.63, 3.8) is 0 Å². The molecule has 0 fully saturated rings. The van der Waals surface area contributed by atoms with Gasteiger partial charge in [0.05, 0.1) is 5.69 Å². The van der Waals surface area contributed by atoms with E-state index in [0.717, 1.165) is 0 Å². The summed E-state index contributed by atoms with van der Waals surface area (Å²) >= 11 is 0. The van der Waals surface area contributed by atoms with Crippen molar-refractivity contribution in [1.82, 2.24) is 4.72 Å². The molecule has 86 valence electrons. The summed E-state index contributed by atoms with van der Waals surface area (Å²) in [4.78, 5) is 0.111. The number of hydrogen-bond acceptors (Lipinski definition) is 3. The first kappa shape index (κ1) is 12.6. The molecule has 0 radical (unpaired) electrons. The molecule has 1 rings (SSSR count). The summed E-state index contributed by atoms with van der Waals surface area (Å²) < 4.78 is 26.0. The zero-order valence-corrected chi connectivity index (χ0v) is 9.84. The Morgan fingerprint density at radius 1 is 1.38 bits per heavy atom. The minimum Gasteiger partial charge on any atom is -0.398 e. The highest BCUT2D eigenvalue weighted by atomic mass is 32.2. The first-order chi connectivity index (χ1) is 7.58. The number of sulfonamides is 1. The highest BCUT2D eigenvalue weighted by molar-refractivity contribution is 7.89. The standard InChI is InChI=1S/C11H14N2O2S/c1-2-3-6-9-13-16(14,15)11-8-5-4-7-10(11)12/h4-5,7-8,13H,6,9,12H2,1H3. The Morgan fingerprint density at radius 2 is 2.06 bits per heavy atom. The molecule has 1 aromatic carbocycles. The molecule has 0 saturated heterocycles. The Bertz CT molecular complexity index is 512. The van der Waals surface area contributed by atoms with Crippen LogP contribution >= 0.6 is 0 Å². The molecule has 0 aliphatic rings. The van der Waals surface area contributed by atoms with Gasteiger partial charge in [0.2, 0.25) is 10.0 Å². The van der Waals surface area contributed by atoms with E-state index in [2.05, 4.69) is 16.6 Å². The summed E-state index contributed by atoms with van der Waals surface area (Å²) in [5, 5.41) is 0. The summed E-state index contributed by atoms with van der Waals surface area (Å²) in [7, 11) is -3.51. The van der Waals surface area contributed by atoms with Crippen LogP contribution in [-0.4, -0.2) is 15.0 Å². The van der Waals surface area contributed by atoms with Crippen molar-refractivity contribution in [1.29, 1.82) is 0 Å². The molecule has 0 amide bonds. The number of rotatable bonds is 4. The van der Waals surface area contributed by atoms with Crippen molar-refractivity contribution in [3.8, 4) is 11.8 Å². The van der Waals surface area contributed by atoms with Gasteiger partial charge in [-0.05, 0) is 19.1 Å². The fourth-order valence-corrected chi connectivity index (χ4v) is 2.34. The fraction of sp³-hybridized carbons (Fsp3) is 0.273. The average Bonchev–Trinajstić information content (AvgIpc) is 2.25. The second kappa shape index (κ2) is 5.54.